The van der Waals surface area contributed by atoms with Crippen LogP contribution in [0.25, 0.3) is 0 Å². The van der Waals surface area contributed by atoms with Crippen LogP contribution >= 0.6 is 0 Å². The maximum Gasteiger partial charge on any atom is 0.117 e. The lowest BCUT2D eigenvalue weighted by molar-refractivity contribution is 0.510. The van der Waals surface area contributed by atoms with E-state index in [2.05, 4.69) is 6.92 Å². The molecule has 0 aliphatic rings. The molecule has 2 heteroatoms. The Morgan fingerprint density at radius 3 is 2.78 bits per heavy atom. The second kappa shape index (κ2) is 2.69. The Hall–Kier alpha value is -0.760. The van der Waals surface area contributed by atoms with E-state index in [-0.39, 0.29) is 0 Å². The van der Waals surface area contributed by atoms with Crippen molar-refractivity contribution in [1.29, 1.82) is 0 Å². The van der Waals surface area contributed by atoms with Crippen molar-refractivity contribution in [3.05, 3.63) is 23.7 Å². The monoisotopic (exact) mass is 125 g/mol. The van der Waals surface area contributed by atoms with E-state index in [1.165, 1.54) is 5.56 Å². The first-order chi connectivity index (χ1) is 4.36. The van der Waals surface area contributed by atoms with Crippen molar-refractivity contribution < 1.29 is 4.42 Å². The molecule has 0 spiro atoms. The predicted molar refractivity (Wildman–Crippen MR) is 36.0 cm³/mol. The molecule has 0 saturated heterocycles. The number of hydrogen-bond acceptors (Lipinski definition) is 2. The maximum absolute atomic E-state index is 5.32. The molecule has 0 aromatic carbocycles. The third-order valence-electron chi connectivity index (χ3n) is 1.32. The molecule has 1 aromatic rings. The van der Waals surface area contributed by atoms with Crippen LogP contribution in [0.3, 0.4) is 0 Å². The third-order valence-corrected chi connectivity index (χ3v) is 1.32. The molecule has 1 rings (SSSR count). The van der Waals surface area contributed by atoms with Crippen LogP contribution in [-0.2, 0) is 13.0 Å². The fraction of sp³-hybridized carbons (Fsp3) is 0.429. The molecule has 2 nitrogen and oxygen atoms in total. The molecule has 0 amide bonds. The number of aryl methyl sites for hydroxylation is 1. The van der Waals surface area contributed by atoms with Crippen molar-refractivity contribution in [2.75, 3.05) is 0 Å². The van der Waals surface area contributed by atoms with E-state index in [0.29, 0.717) is 6.54 Å². The van der Waals surface area contributed by atoms with Gasteiger partial charge in [-0.3, -0.25) is 0 Å². The van der Waals surface area contributed by atoms with E-state index in [1.807, 2.05) is 6.07 Å². The molecule has 9 heavy (non-hydrogen) atoms. The highest BCUT2D eigenvalue weighted by atomic mass is 16.3. The average Bonchev–Trinajstić information content (AvgIpc) is 2.34. The molecule has 0 unspecified atom stereocenters. The van der Waals surface area contributed by atoms with Crippen LogP contribution in [0.4, 0.5) is 0 Å². The molecule has 1 heterocycles. The smallest absolute Gasteiger partial charge is 0.117 e. The summed E-state index contributed by atoms with van der Waals surface area (Å²) in [6.07, 6.45) is 2.77. The van der Waals surface area contributed by atoms with Gasteiger partial charge in [-0.15, -0.1) is 0 Å². The molecule has 0 saturated carbocycles. The van der Waals surface area contributed by atoms with Crippen LogP contribution in [0, 0.1) is 0 Å². The minimum atomic E-state index is 0.500. The fourth-order valence-corrected chi connectivity index (χ4v) is 0.719. The lowest BCUT2D eigenvalue weighted by Gasteiger charge is -1.81. The summed E-state index contributed by atoms with van der Waals surface area (Å²) in [5, 5.41) is 0. The van der Waals surface area contributed by atoms with Gasteiger partial charge in [0.2, 0.25) is 0 Å². The summed E-state index contributed by atoms with van der Waals surface area (Å²) in [5.74, 6) is 0.867. The van der Waals surface area contributed by atoms with Gasteiger partial charge in [-0.1, -0.05) is 6.92 Å². The number of rotatable bonds is 2. The normalized spacial score (nSPS) is 10.0. The van der Waals surface area contributed by atoms with Gasteiger partial charge in [-0.25, -0.2) is 0 Å². The zero-order valence-corrected chi connectivity index (χ0v) is 5.55. The molecular formula is C7H11NO. The quantitative estimate of drug-likeness (QED) is 0.647. The summed E-state index contributed by atoms with van der Waals surface area (Å²) in [6.45, 7) is 2.59. The predicted octanol–water partition coefficient (Wildman–Crippen LogP) is 1.30. The molecule has 2 N–H and O–H groups in total. The van der Waals surface area contributed by atoms with Gasteiger partial charge in [-0.05, 0) is 18.1 Å². The van der Waals surface area contributed by atoms with Gasteiger partial charge in [-0.2, -0.15) is 0 Å². The molecular weight excluding hydrogens is 114 g/mol. The minimum absolute atomic E-state index is 0.500. The van der Waals surface area contributed by atoms with Crippen molar-refractivity contribution in [3.63, 3.8) is 0 Å². The van der Waals surface area contributed by atoms with Crippen LogP contribution in [0.1, 0.15) is 18.2 Å². The third kappa shape index (κ3) is 1.33. The number of nitrogens with two attached hydrogens (primary N) is 1. The number of hydrogen-bond donors (Lipinski definition) is 1. The van der Waals surface area contributed by atoms with Crippen molar-refractivity contribution >= 4 is 0 Å². The zero-order valence-electron chi connectivity index (χ0n) is 5.55. The van der Waals surface area contributed by atoms with Crippen LogP contribution in [0.2, 0.25) is 0 Å². The second-order valence-corrected chi connectivity index (χ2v) is 1.98. The van der Waals surface area contributed by atoms with Crippen LogP contribution in [-0.4, -0.2) is 0 Å². The maximum atomic E-state index is 5.32. The summed E-state index contributed by atoms with van der Waals surface area (Å²) in [6, 6.07) is 1.99. The van der Waals surface area contributed by atoms with Crippen molar-refractivity contribution in [2.24, 2.45) is 5.73 Å². The van der Waals surface area contributed by atoms with Gasteiger partial charge in [0.1, 0.15) is 5.76 Å². The summed E-state index contributed by atoms with van der Waals surface area (Å²) < 4.78 is 5.08. The average molecular weight is 125 g/mol. The largest absolute Gasteiger partial charge is 0.468 e. The Labute approximate surface area is 54.7 Å². The van der Waals surface area contributed by atoms with Crippen LogP contribution in [0.15, 0.2) is 16.7 Å². The molecule has 0 aliphatic heterocycles. The molecule has 50 valence electrons. The van der Waals surface area contributed by atoms with E-state index in [0.717, 1.165) is 12.2 Å². The first kappa shape index (κ1) is 6.36. The van der Waals surface area contributed by atoms with Gasteiger partial charge >= 0.3 is 0 Å². The van der Waals surface area contributed by atoms with Crippen molar-refractivity contribution in [3.8, 4) is 0 Å². The molecule has 0 bridgehead atoms. The van der Waals surface area contributed by atoms with Gasteiger partial charge in [0.25, 0.3) is 0 Å². The molecule has 0 aliphatic carbocycles. The Kier molecular flexibility index (Phi) is 1.90. The Bertz CT molecular complexity index is 162. The highest BCUT2D eigenvalue weighted by molar-refractivity contribution is 5.11. The SMILES string of the molecule is CCc1coc(CN)c1. The highest BCUT2D eigenvalue weighted by Gasteiger charge is 1.95. The summed E-state index contributed by atoms with van der Waals surface area (Å²) in [7, 11) is 0. The first-order valence-electron chi connectivity index (χ1n) is 3.13. The molecule has 0 atom stereocenters. The van der Waals surface area contributed by atoms with Crippen molar-refractivity contribution in [2.45, 2.75) is 19.9 Å². The van der Waals surface area contributed by atoms with Crippen LogP contribution in [0.5, 0.6) is 0 Å². The van der Waals surface area contributed by atoms with Gasteiger partial charge in [0.15, 0.2) is 0 Å². The lowest BCUT2D eigenvalue weighted by Crippen LogP contribution is -1.92. The fourth-order valence-electron chi connectivity index (χ4n) is 0.719. The minimum Gasteiger partial charge on any atom is -0.468 e. The Balaban J connectivity index is 2.74. The Morgan fingerprint density at radius 2 is 2.44 bits per heavy atom. The summed E-state index contributed by atoms with van der Waals surface area (Å²) >= 11 is 0. The first-order valence-corrected chi connectivity index (χ1v) is 3.13. The van der Waals surface area contributed by atoms with E-state index in [9.17, 15) is 0 Å². The van der Waals surface area contributed by atoms with E-state index in [1.54, 1.807) is 6.26 Å². The molecule has 0 radical (unpaired) electrons. The van der Waals surface area contributed by atoms with E-state index >= 15 is 0 Å². The summed E-state index contributed by atoms with van der Waals surface area (Å²) in [5.41, 5.74) is 6.54. The topological polar surface area (TPSA) is 39.2 Å². The van der Waals surface area contributed by atoms with E-state index < -0.39 is 0 Å². The second-order valence-electron chi connectivity index (χ2n) is 1.98. The highest BCUT2D eigenvalue weighted by Crippen LogP contribution is 2.06. The summed E-state index contributed by atoms with van der Waals surface area (Å²) in [4.78, 5) is 0. The standard InChI is InChI=1S/C7H11NO/c1-2-6-3-7(4-8)9-5-6/h3,5H,2,4,8H2,1H3. The van der Waals surface area contributed by atoms with Crippen LogP contribution < -0.4 is 5.73 Å². The molecule has 1 aromatic heterocycles. The van der Waals surface area contributed by atoms with Gasteiger partial charge in [0.05, 0.1) is 12.8 Å². The number of furan rings is 1. The lowest BCUT2D eigenvalue weighted by atomic mass is 10.2. The van der Waals surface area contributed by atoms with E-state index in [4.69, 9.17) is 10.2 Å². The van der Waals surface area contributed by atoms with Gasteiger partial charge < -0.3 is 10.2 Å². The van der Waals surface area contributed by atoms with Crippen molar-refractivity contribution in [1.82, 2.24) is 0 Å². The Morgan fingerprint density at radius 1 is 1.67 bits per heavy atom. The zero-order chi connectivity index (χ0) is 6.69. The molecule has 0 fully saturated rings. The van der Waals surface area contributed by atoms with Gasteiger partial charge in [0, 0.05) is 0 Å².